The van der Waals surface area contributed by atoms with Gasteiger partial charge in [0.25, 0.3) is 0 Å². The minimum Gasteiger partial charge on any atom is -0.455 e. The lowest BCUT2D eigenvalue weighted by molar-refractivity contribution is 0.0989. The van der Waals surface area contributed by atoms with E-state index in [0.717, 1.165) is 24.7 Å². The molecule has 3 aromatic rings. The largest absolute Gasteiger partial charge is 0.455 e. The molecule has 0 aliphatic heterocycles. The molecule has 1 N–H and O–H groups in total. The average molecular weight is 401 g/mol. The molecule has 1 heterocycles. The van der Waals surface area contributed by atoms with E-state index in [1.54, 1.807) is 25.1 Å². The molecule has 0 unspecified atom stereocenters. The number of halogens is 1. The highest BCUT2D eigenvalue weighted by Crippen LogP contribution is 2.47. The third-order valence-electron chi connectivity index (χ3n) is 4.88. The highest BCUT2D eigenvalue weighted by atomic mass is 32.2. The molecule has 1 aliphatic rings. The van der Waals surface area contributed by atoms with E-state index in [1.807, 2.05) is 6.07 Å². The number of nitrogens with one attached hydrogen (secondary N) is 1. The van der Waals surface area contributed by atoms with Crippen molar-refractivity contribution in [1.82, 2.24) is 0 Å². The fourth-order valence-electron chi connectivity index (χ4n) is 3.44. The van der Waals surface area contributed by atoms with E-state index in [2.05, 4.69) is 4.72 Å². The van der Waals surface area contributed by atoms with Crippen molar-refractivity contribution >= 4 is 32.5 Å². The van der Waals surface area contributed by atoms with Gasteiger partial charge in [-0.15, -0.1) is 0 Å². The van der Waals surface area contributed by atoms with Crippen molar-refractivity contribution in [3.8, 4) is 11.3 Å². The van der Waals surface area contributed by atoms with E-state index in [9.17, 15) is 17.6 Å². The topological polar surface area (TPSA) is 76.4 Å². The zero-order valence-corrected chi connectivity index (χ0v) is 16.4. The van der Waals surface area contributed by atoms with Gasteiger partial charge in [-0.3, -0.25) is 9.52 Å². The number of fused-ring (bicyclic) bond motifs is 1. The summed E-state index contributed by atoms with van der Waals surface area (Å²) < 4.78 is 45.4. The quantitative estimate of drug-likeness (QED) is 0.584. The van der Waals surface area contributed by atoms with Crippen LogP contribution in [0.4, 0.5) is 10.1 Å². The molecule has 0 saturated heterocycles. The van der Waals surface area contributed by atoms with E-state index in [1.165, 1.54) is 12.1 Å². The van der Waals surface area contributed by atoms with E-state index in [4.69, 9.17) is 4.42 Å². The third-order valence-corrected chi connectivity index (χ3v) is 5.47. The molecule has 1 fully saturated rings. The van der Waals surface area contributed by atoms with Gasteiger partial charge in [0.2, 0.25) is 10.0 Å². The highest BCUT2D eigenvalue weighted by molar-refractivity contribution is 7.92. The number of rotatable bonds is 6. The molecule has 7 heteroatoms. The minimum atomic E-state index is -3.46. The highest BCUT2D eigenvalue weighted by Gasteiger charge is 2.30. The normalized spacial score (nSPS) is 14.4. The van der Waals surface area contributed by atoms with Crippen molar-refractivity contribution in [1.29, 1.82) is 0 Å². The lowest BCUT2D eigenvalue weighted by Gasteiger charge is -2.10. The van der Waals surface area contributed by atoms with Crippen molar-refractivity contribution in [2.45, 2.75) is 32.1 Å². The summed E-state index contributed by atoms with van der Waals surface area (Å²) in [5.74, 6) is 0.185. The van der Waals surface area contributed by atoms with Crippen LogP contribution < -0.4 is 4.72 Å². The summed E-state index contributed by atoms with van der Waals surface area (Å²) in [4.78, 5) is 12.7. The molecule has 5 nitrogen and oxygen atoms in total. The van der Waals surface area contributed by atoms with Crippen LogP contribution in [0.2, 0.25) is 0 Å². The first-order chi connectivity index (χ1) is 13.3. The lowest BCUT2D eigenvalue weighted by atomic mass is 9.98. The SMILES string of the molecule is CCC(=O)c1c(-c2ccc(F)cc2)oc2cc(NS(C)(=O)=O)c(C3CC3)cc12. The summed E-state index contributed by atoms with van der Waals surface area (Å²) in [6.45, 7) is 1.77. The van der Waals surface area contributed by atoms with Gasteiger partial charge in [0, 0.05) is 23.4 Å². The van der Waals surface area contributed by atoms with Crippen LogP contribution in [-0.2, 0) is 10.0 Å². The van der Waals surface area contributed by atoms with Crippen LogP contribution in [0.1, 0.15) is 48.0 Å². The Morgan fingerprint density at radius 3 is 2.46 bits per heavy atom. The van der Waals surface area contributed by atoms with Gasteiger partial charge in [0.1, 0.15) is 17.2 Å². The van der Waals surface area contributed by atoms with E-state index in [-0.39, 0.29) is 17.5 Å². The molecule has 0 spiro atoms. The van der Waals surface area contributed by atoms with E-state index < -0.39 is 10.0 Å². The second-order valence-electron chi connectivity index (χ2n) is 7.17. The van der Waals surface area contributed by atoms with E-state index in [0.29, 0.717) is 40.0 Å². The van der Waals surface area contributed by atoms with Crippen LogP contribution in [0.25, 0.3) is 22.3 Å². The summed E-state index contributed by atoms with van der Waals surface area (Å²) in [6.07, 6.45) is 3.35. The van der Waals surface area contributed by atoms with Gasteiger partial charge < -0.3 is 4.42 Å². The number of sulfonamides is 1. The maximum absolute atomic E-state index is 13.3. The molecule has 1 aliphatic carbocycles. The van der Waals surface area contributed by atoms with Gasteiger partial charge in [-0.25, -0.2) is 12.8 Å². The first-order valence-electron chi connectivity index (χ1n) is 9.14. The van der Waals surface area contributed by atoms with Crippen LogP contribution >= 0.6 is 0 Å². The Labute approximate surface area is 162 Å². The molecule has 4 rings (SSSR count). The number of hydrogen-bond acceptors (Lipinski definition) is 4. The number of carbonyl (C=O) groups is 1. The molecule has 1 saturated carbocycles. The van der Waals surface area contributed by atoms with Gasteiger partial charge in [0.15, 0.2) is 5.78 Å². The molecule has 146 valence electrons. The monoisotopic (exact) mass is 401 g/mol. The van der Waals surface area contributed by atoms with Crippen LogP contribution in [0.15, 0.2) is 40.8 Å². The van der Waals surface area contributed by atoms with Crippen LogP contribution in [0.3, 0.4) is 0 Å². The summed E-state index contributed by atoms with van der Waals surface area (Å²) in [6, 6.07) is 9.27. The predicted molar refractivity (Wildman–Crippen MR) is 107 cm³/mol. The first-order valence-corrected chi connectivity index (χ1v) is 11.0. The lowest BCUT2D eigenvalue weighted by Crippen LogP contribution is -2.11. The maximum Gasteiger partial charge on any atom is 0.229 e. The van der Waals surface area contributed by atoms with Gasteiger partial charge in [0.05, 0.1) is 17.5 Å². The Kier molecular flexibility index (Phi) is 4.50. The van der Waals surface area contributed by atoms with Crippen molar-refractivity contribution < 1.29 is 22.0 Å². The van der Waals surface area contributed by atoms with Crippen LogP contribution in [0, 0.1) is 5.82 Å². The van der Waals surface area contributed by atoms with Gasteiger partial charge in [-0.1, -0.05) is 6.92 Å². The summed E-state index contributed by atoms with van der Waals surface area (Å²) in [5.41, 5.74) is 2.82. The predicted octanol–water partition coefficient (Wildman–Crippen LogP) is 5.08. The number of anilines is 1. The first kappa shape index (κ1) is 18.7. The molecule has 0 amide bonds. The molecule has 0 bridgehead atoms. The zero-order valence-electron chi connectivity index (χ0n) is 15.6. The van der Waals surface area contributed by atoms with Gasteiger partial charge in [-0.05, 0) is 54.7 Å². The Hall–Kier alpha value is -2.67. The average Bonchev–Trinajstić information content (AvgIpc) is 3.41. The molecule has 28 heavy (non-hydrogen) atoms. The standard InChI is InChI=1S/C21H20FNO4S/c1-3-18(24)20-16-10-15(12-4-5-12)17(23-28(2,25)26)11-19(16)27-21(20)13-6-8-14(22)9-7-13/h6-12,23H,3-5H2,1-2H3. The molecule has 1 aromatic heterocycles. The van der Waals surface area contributed by atoms with Crippen LogP contribution in [-0.4, -0.2) is 20.5 Å². The second-order valence-corrected chi connectivity index (χ2v) is 8.92. The molecular weight excluding hydrogens is 381 g/mol. The molecule has 2 aromatic carbocycles. The summed E-state index contributed by atoms with van der Waals surface area (Å²) in [7, 11) is -3.46. The fraction of sp³-hybridized carbons (Fsp3) is 0.286. The van der Waals surface area contributed by atoms with Crippen LogP contribution in [0.5, 0.6) is 0 Å². The zero-order chi connectivity index (χ0) is 20.1. The number of ketones is 1. The summed E-state index contributed by atoms with van der Waals surface area (Å²) in [5, 5.41) is 0.659. The number of benzene rings is 2. The third kappa shape index (κ3) is 3.54. The Morgan fingerprint density at radius 2 is 1.89 bits per heavy atom. The number of hydrogen-bond donors (Lipinski definition) is 1. The number of carbonyl (C=O) groups excluding carboxylic acids is 1. The Bertz CT molecular complexity index is 1180. The second kappa shape index (κ2) is 6.74. The van der Waals surface area contributed by atoms with Crippen molar-refractivity contribution in [2.24, 2.45) is 0 Å². The van der Waals surface area contributed by atoms with E-state index >= 15 is 0 Å². The Morgan fingerprint density at radius 1 is 1.21 bits per heavy atom. The van der Waals surface area contributed by atoms with Crippen molar-refractivity contribution in [3.05, 3.63) is 53.3 Å². The van der Waals surface area contributed by atoms with Gasteiger partial charge >= 0.3 is 0 Å². The summed E-state index contributed by atoms with van der Waals surface area (Å²) >= 11 is 0. The smallest absolute Gasteiger partial charge is 0.229 e. The Balaban J connectivity index is 1.97. The van der Waals surface area contributed by atoms with Crippen molar-refractivity contribution in [2.75, 3.05) is 11.0 Å². The molecule has 0 radical (unpaired) electrons. The number of Topliss-reactive ketones (excluding diaryl/α,β-unsaturated/α-hetero) is 1. The number of furan rings is 1. The minimum absolute atomic E-state index is 0.0800. The molecule has 0 atom stereocenters. The maximum atomic E-state index is 13.3. The fourth-order valence-corrected chi connectivity index (χ4v) is 4.01. The van der Waals surface area contributed by atoms with Crippen molar-refractivity contribution in [3.63, 3.8) is 0 Å². The molecular formula is C21H20FNO4S. The van der Waals surface area contributed by atoms with Gasteiger partial charge in [-0.2, -0.15) is 0 Å².